The minimum Gasteiger partial charge on any atom is -0.494 e. The molecule has 3 aliphatic rings. The van der Waals surface area contributed by atoms with Gasteiger partial charge in [0.2, 0.25) is 0 Å². The lowest BCUT2D eigenvalue weighted by molar-refractivity contribution is 0.173. The number of hydrogen-bond acceptors (Lipinski definition) is 2. The van der Waals surface area contributed by atoms with E-state index in [2.05, 4.69) is 16.3 Å². The minimum atomic E-state index is 0.0529. The number of ether oxygens (including phenoxy) is 1. The molecule has 24 heavy (non-hydrogen) atoms. The average molecular weight is 326 g/mol. The second kappa shape index (κ2) is 6.50. The smallest absolute Gasteiger partial charge is 0.322 e. The van der Waals surface area contributed by atoms with Crippen molar-refractivity contribution in [2.24, 2.45) is 5.92 Å². The molecule has 1 N–H and O–H groups in total. The molecule has 1 saturated carbocycles. The first-order chi connectivity index (χ1) is 11.7. The molecule has 2 amide bonds. The third-order valence-corrected chi connectivity index (χ3v) is 5.36. The van der Waals surface area contributed by atoms with Crippen LogP contribution in [0.3, 0.4) is 0 Å². The van der Waals surface area contributed by atoms with Gasteiger partial charge in [0, 0.05) is 17.8 Å². The van der Waals surface area contributed by atoms with Gasteiger partial charge in [0.15, 0.2) is 0 Å². The summed E-state index contributed by atoms with van der Waals surface area (Å²) in [6.45, 7) is 2.62. The molecule has 2 unspecified atom stereocenters. The summed E-state index contributed by atoms with van der Waals surface area (Å²) in [5, 5.41) is 3.06. The van der Waals surface area contributed by atoms with E-state index in [1.807, 2.05) is 31.2 Å². The third-order valence-electron chi connectivity index (χ3n) is 5.36. The number of rotatable bonds is 4. The lowest BCUT2D eigenvalue weighted by Gasteiger charge is -2.36. The van der Waals surface area contributed by atoms with Crippen LogP contribution in [-0.4, -0.2) is 29.6 Å². The summed E-state index contributed by atoms with van der Waals surface area (Å²) in [6, 6.07) is 8.45. The lowest BCUT2D eigenvalue weighted by atomic mass is 9.96. The average Bonchev–Trinajstić information content (AvgIpc) is 3.34. The van der Waals surface area contributed by atoms with Crippen molar-refractivity contribution in [2.75, 3.05) is 11.9 Å². The molecule has 0 spiro atoms. The maximum Gasteiger partial charge on any atom is 0.322 e. The van der Waals surface area contributed by atoms with Crippen molar-refractivity contribution in [3.63, 3.8) is 0 Å². The number of urea groups is 1. The molecule has 128 valence electrons. The van der Waals surface area contributed by atoms with Crippen LogP contribution in [0.2, 0.25) is 0 Å². The molecule has 0 aromatic heterocycles. The number of fused-ring (bicyclic) bond motifs is 2. The Kier molecular flexibility index (Phi) is 4.21. The third kappa shape index (κ3) is 3.28. The van der Waals surface area contributed by atoms with Crippen LogP contribution in [0.4, 0.5) is 10.5 Å². The first-order valence-corrected chi connectivity index (χ1v) is 9.24. The van der Waals surface area contributed by atoms with Gasteiger partial charge in [-0.3, -0.25) is 0 Å². The van der Waals surface area contributed by atoms with Gasteiger partial charge >= 0.3 is 6.03 Å². The summed E-state index contributed by atoms with van der Waals surface area (Å²) in [4.78, 5) is 14.8. The number of carbonyl (C=O) groups excluding carboxylic acids is 1. The first-order valence-electron chi connectivity index (χ1n) is 9.24. The molecular formula is C20H26N2O2. The van der Waals surface area contributed by atoms with Crippen molar-refractivity contribution in [2.45, 2.75) is 57.5 Å². The van der Waals surface area contributed by atoms with Gasteiger partial charge in [-0.25, -0.2) is 4.79 Å². The Labute approximate surface area is 143 Å². The highest BCUT2D eigenvalue weighted by molar-refractivity contribution is 5.90. The van der Waals surface area contributed by atoms with Gasteiger partial charge in [0.05, 0.1) is 6.61 Å². The molecule has 1 aromatic rings. The van der Waals surface area contributed by atoms with Gasteiger partial charge in [0.25, 0.3) is 0 Å². The van der Waals surface area contributed by atoms with Gasteiger partial charge in [-0.05, 0) is 75.6 Å². The Morgan fingerprint density at radius 1 is 1.17 bits per heavy atom. The summed E-state index contributed by atoms with van der Waals surface area (Å²) >= 11 is 0. The van der Waals surface area contributed by atoms with E-state index in [1.165, 1.54) is 12.8 Å². The zero-order chi connectivity index (χ0) is 16.5. The monoisotopic (exact) mass is 326 g/mol. The summed E-state index contributed by atoms with van der Waals surface area (Å²) in [5.74, 6) is 1.67. The summed E-state index contributed by atoms with van der Waals surface area (Å²) in [6.07, 6.45) is 9.65. The second-order valence-electron chi connectivity index (χ2n) is 7.25. The predicted molar refractivity (Wildman–Crippen MR) is 95.3 cm³/mol. The molecular weight excluding hydrogens is 300 g/mol. The van der Waals surface area contributed by atoms with Crippen molar-refractivity contribution in [1.82, 2.24) is 4.90 Å². The molecule has 2 heterocycles. The molecule has 2 bridgehead atoms. The fraction of sp³-hybridized carbons (Fsp3) is 0.550. The Hall–Kier alpha value is -1.97. The van der Waals surface area contributed by atoms with Crippen molar-refractivity contribution in [1.29, 1.82) is 0 Å². The number of nitrogens with one attached hydrogen (secondary N) is 1. The van der Waals surface area contributed by atoms with Crippen molar-refractivity contribution in [3.8, 4) is 5.75 Å². The predicted octanol–water partition coefficient (Wildman–Crippen LogP) is 4.58. The number of nitrogens with zero attached hydrogens (tertiary/aromatic N) is 1. The molecule has 2 aliphatic heterocycles. The molecule has 4 rings (SSSR count). The largest absolute Gasteiger partial charge is 0.494 e. The highest BCUT2D eigenvalue weighted by Crippen LogP contribution is 2.41. The van der Waals surface area contributed by atoms with Crippen molar-refractivity contribution < 1.29 is 9.53 Å². The van der Waals surface area contributed by atoms with E-state index >= 15 is 0 Å². The Balaban J connectivity index is 1.39. The fourth-order valence-electron chi connectivity index (χ4n) is 4.10. The molecule has 1 aromatic carbocycles. The normalized spacial score (nSPS) is 25.5. The number of benzene rings is 1. The maximum absolute atomic E-state index is 12.7. The highest BCUT2D eigenvalue weighted by Gasteiger charge is 2.41. The van der Waals surface area contributed by atoms with Crippen LogP contribution in [0.15, 0.2) is 35.9 Å². The van der Waals surface area contributed by atoms with Gasteiger partial charge in [0.1, 0.15) is 5.75 Å². The SMILES string of the molecule is CCOc1ccc(NC(=O)N2C3CCC2CC(=CC2CC2)C3)cc1. The number of piperidine rings is 1. The molecule has 2 saturated heterocycles. The van der Waals surface area contributed by atoms with Gasteiger partial charge in [-0.2, -0.15) is 0 Å². The molecule has 4 nitrogen and oxygen atoms in total. The van der Waals surface area contributed by atoms with E-state index < -0.39 is 0 Å². The van der Waals surface area contributed by atoms with E-state index in [-0.39, 0.29) is 6.03 Å². The minimum absolute atomic E-state index is 0.0529. The fourth-order valence-corrected chi connectivity index (χ4v) is 4.10. The Bertz CT molecular complexity index is 618. The van der Waals surface area contributed by atoms with Crippen LogP contribution in [0.1, 0.15) is 45.4 Å². The van der Waals surface area contributed by atoms with Crippen molar-refractivity contribution in [3.05, 3.63) is 35.9 Å². The quantitative estimate of drug-likeness (QED) is 0.823. The number of allylic oxidation sites excluding steroid dienone is 1. The van der Waals surface area contributed by atoms with Gasteiger partial charge in [-0.15, -0.1) is 0 Å². The van der Waals surface area contributed by atoms with Crippen LogP contribution < -0.4 is 10.1 Å². The van der Waals surface area contributed by atoms with E-state index in [0.717, 1.165) is 43.0 Å². The number of carbonyl (C=O) groups is 1. The molecule has 3 fully saturated rings. The van der Waals surface area contributed by atoms with Crippen LogP contribution in [0.25, 0.3) is 0 Å². The molecule has 0 radical (unpaired) electrons. The highest BCUT2D eigenvalue weighted by atomic mass is 16.5. The van der Waals surface area contributed by atoms with E-state index in [9.17, 15) is 4.79 Å². The van der Waals surface area contributed by atoms with Crippen LogP contribution in [0, 0.1) is 5.92 Å². The van der Waals surface area contributed by atoms with Gasteiger partial charge < -0.3 is 15.0 Å². The van der Waals surface area contributed by atoms with Crippen LogP contribution >= 0.6 is 0 Å². The number of hydrogen-bond donors (Lipinski definition) is 1. The summed E-state index contributed by atoms with van der Waals surface area (Å²) in [5.41, 5.74) is 2.43. The Morgan fingerprint density at radius 2 is 1.83 bits per heavy atom. The number of amides is 2. The van der Waals surface area contributed by atoms with E-state index in [4.69, 9.17) is 4.74 Å². The Morgan fingerprint density at radius 3 is 2.42 bits per heavy atom. The van der Waals surface area contributed by atoms with E-state index in [1.54, 1.807) is 5.57 Å². The molecule has 2 atom stereocenters. The van der Waals surface area contributed by atoms with Crippen LogP contribution in [-0.2, 0) is 0 Å². The number of anilines is 1. The molecule has 4 heteroatoms. The summed E-state index contributed by atoms with van der Waals surface area (Å²) < 4.78 is 5.45. The zero-order valence-electron chi connectivity index (χ0n) is 14.3. The van der Waals surface area contributed by atoms with Gasteiger partial charge in [-0.1, -0.05) is 11.6 Å². The maximum atomic E-state index is 12.7. The topological polar surface area (TPSA) is 41.6 Å². The summed E-state index contributed by atoms with van der Waals surface area (Å²) in [7, 11) is 0. The first kappa shape index (κ1) is 15.6. The lowest BCUT2D eigenvalue weighted by Crippen LogP contribution is -2.46. The standard InChI is InChI=1S/C20H26N2O2/c1-2-24-19-9-5-16(6-10-19)21-20(23)22-17-7-8-18(22)13-15(12-17)11-14-3-4-14/h5-6,9-11,14,17-18H,2-4,7-8,12-13H2,1H3,(H,21,23). The van der Waals surface area contributed by atoms with Crippen LogP contribution in [0.5, 0.6) is 5.75 Å². The second-order valence-corrected chi connectivity index (χ2v) is 7.25. The molecule has 1 aliphatic carbocycles. The van der Waals surface area contributed by atoms with Crippen molar-refractivity contribution >= 4 is 11.7 Å². The van der Waals surface area contributed by atoms with E-state index in [0.29, 0.717) is 18.7 Å². The zero-order valence-corrected chi connectivity index (χ0v) is 14.3.